The molecule has 1 aliphatic rings. The summed E-state index contributed by atoms with van der Waals surface area (Å²) in [6.07, 6.45) is 3.71. The van der Waals surface area contributed by atoms with Gasteiger partial charge in [-0.3, -0.25) is 10.2 Å². The molecule has 8 nitrogen and oxygen atoms in total. The topological polar surface area (TPSA) is 79.2 Å². The predicted molar refractivity (Wildman–Crippen MR) is 83.8 cm³/mol. The van der Waals surface area contributed by atoms with Gasteiger partial charge in [0.15, 0.2) is 0 Å². The first-order valence-electron chi connectivity index (χ1n) is 7.08. The van der Waals surface area contributed by atoms with Crippen molar-refractivity contribution in [2.75, 3.05) is 32.0 Å². The number of aromatic nitrogens is 4. The fraction of sp³-hybridized carbons (Fsp3) is 0.538. The number of likely N-dealkylation sites (N-methyl/N-ethyl adjacent to an activating group) is 1. The summed E-state index contributed by atoms with van der Waals surface area (Å²) in [7, 11) is 4.03. The van der Waals surface area contributed by atoms with E-state index in [1.165, 1.54) is 11.3 Å². The maximum Gasteiger partial charge on any atom is 0.323 e. The summed E-state index contributed by atoms with van der Waals surface area (Å²) in [6.45, 7) is 3.95. The zero-order valence-electron chi connectivity index (χ0n) is 12.9. The normalized spacial score (nSPS) is 19.4. The van der Waals surface area contributed by atoms with Gasteiger partial charge in [-0.25, -0.2) is 9.78 Å². The second kappa shape index (κ2) is 6.01. The lowest BCUT2D eigenvalue weighted by Gasteiger charge is -2.38. The Bertz CT molecular complexity index is 667. The van der Waals surface area contributed by atoms with Crippen molar-refractivity contribution in [3.05, 3.63) is 23.2 Å². The molecule has 9 heteroatoms. The third kappa shape index (κ3) is 2.95. The molecule has 0 aromatic carbocycles. The van der Waals surface area contributed by atoms with Crippen LogP contribution < -0.4 is 5.32 Å². The number of carbonyl (C=O) groups is 1. The maximum absolute atomic E-state index is 12.4. The lowest BCUT2D eigenvalue weighted by molar-refractivity contribution is 0.110. The number of carbonyl (C=O) groups excluding carboxylic acids is 1. The Kier molecular flexibility index (Phi) is 4.08. The van der Waals surface area contributed by atoms with E-state index in [-0.39, 0.29) is 12.1 Å². The summed E-state index contributed by atoms with van der Waals surface area (Å²) in [5.41, 5.74) is 0. The molecule has 1 saturated heterocycles. The Balaban J connectivity index is 1.70. The van der Waals surface area contributed by atoms with Gasteiger partial charge in [0.1, 0.15) is 10.8 Å². The molecule has 0 aliphatic carbocycles. The molecule has 3 rings (SSSR count). The number of aryl methyl sites for hydroxylation is 2. The van der Waals surface area contributed by atoms with E-state index in [9.17, 15) is 4.79 Å². The third-order valence-corrected chi connectivity index (χ3v) is 4.59. The van der Waals surface area contributed by atoms with Crippen LogP contribution in [0.15, 0.2) is 12.4 Å². The number of nitrogens with one attached hydrogen (secondary N) is 1. The van der Waals surface area contributed by atoms with Crippen LogP contribution in [0, 0.1) is 6.92 Å². The first-order chi connectivity index (χ1) is 10.5. The van der Waals surface area contributed by atoms with Crippen LogP contribution in [0.25, 0.3) is 0 Å². The molecule has 0 spiro atoms. The monoisotopic (exact) mass is 321 g/mol. The first-order valence-corrected chi connectivity index (χ1v) is 7.89. The number of imidazole rings is 1. The molecule has 1 N–H and O–H groups in total. The summed E-state index contributed by atoms with van der Waals surface area (Å²) in [5.74, 6) is 0.965. The summed E-state index contributed by atoms with van der Waals surface area (Å²) in [4.78, 5) is 20.8. The summed E-state index contributed by atoms with van der Waals surface area (Å²) in [5, 5.41) is 12.0. The number of nitrogens with zero attached hydrogens (tertiary/aromatic N) is 6. The van der Waals surface area contributed by atoms with Crippen molar-refractivity contribution in [2.45, 2.75) is 13.0 Å². The minimum absolute atomic E-state index is 0.0932. The Morgan fingerprint density at radius 1 is 1.36 bits per heavy atom. The molecule has 2 amide bonds. The number of anilines is 1. The Hall–Kier alpha value is -2.00. The summed E-state index contributed by atoms with van der Waals surface area (Å²) in [6, 6.07) is -0.0425. The molecule has 0 radical (unpaired) electrons. The summed E-state index contributed by atoms with van der Waals surface area (Å²) >= 11 is 1.37. The van der Waals surface area contributed by atoms with Gasteiger partial charge in [0.25, 0.3) is 0 Å². The molecular formula is C13H19N7OS. The van der Waals surface area contributed by atoms with E-state index in [0.717, 1.165) is 17.4 Å². The van der Waals surface area contributed by atoms with Crippen molar-refractivity contribution < 1.29 is 4.79 Å². The minimum atomic E-state index is -0.136. The third-order valence-electron chi connectivity index (χ3n) is 3.83. The number of rotatable bonds is 2. The van der Waals surface area contributed by atoms with Gasteiger partial charge in [-0.15, -0.1) is 10.2 Å². The van der Waals surface area contributed by atoms with Crippen LogP contribution in [0.4, 0.5) is 9.93 Å². The lowest BCUT2D eigenvalue weighted by Crippen LogP contribution is -2.50. The highest BCUT2D eigenvalue weighted by atomic mass is 32.1. The molecule has 118 valence electrons. The van der Waals surface area contributed by atoms with Crippen molar-refractivity contribution in [1.29, 1.82) is 0 Å². The van der Waals surface area contributed by atoms with Crippen molar-refractivity contribution in [3.8, 4) is 0 Å². The van der Waals surface area contributed by atoms with E-state index in [4.69, 9.17) is 0 Å². The van der Waals surface area contributed by atoms with Gasteiger partial charge < -0.3 is 9.47 Å². The number of hydrogen-bond acceptors (Lipinski definition) is 6. The molecule has 22 heavy (non-hydrogen) atoms. The van der Waals surface area contributed by atoms with Crippen LogP contribution in [0.3, 0.4) is 0 Å². The number of urea groups is 1. The van der Waals surface area contributed by atoms with Crippen LogP contribution >= 0.6 is 11.3 Å². The number of piperazine rings is 1. The molecule has 3 heterocycles. The molecule has 2 aromatic rings. The smallest absolute Gasteiger partial charge is 0.323 e. The highest BCUT2D eigenvalue weighted by Gasteiger charge is 2.31. The molecular weight excluding hydrogens is 302 g/mol. The fourth-order valence-electron chi connectivity index (χ4n) is 2.55. The largest absolute Gasteiger partial charge is 0.337 e. The van der Waals surface area contributed by atoms with Gasteiger partial charge in [0.2, 0.25) is 5.13 Å². The Labute approximate surface area is 132 Å². The lowest BCUT2D eigenvalue weighted by atomic mass is 10.1. The zero-order chi connectivity index (χ0) is 15.7. The highest BCUT2D eigenvalue weighted by Crippen LogP contribution is 2.23. The van der Waals surface area contributed by atoms with E-state index in [2.05, 4.69) is 32.4 Å². The molecule has 1 aliphatic heterocycles. The predicted octanol–water partition coefficient (Wildman–Crippen LogP) is 1.10. The Morgan fingerprint density at radius 2 is 2.18 bits per heavy atom. The van der Waals surface area contributed by atoms with E-state index < -0.39 is 0 Å². The van der Waals surface area contributed by atoms with Gasteiger partial charge in [0, 0.05) is 39.1 Å². The molecule has 1 atom stereocenters. The molecule has 0 bridgehead atoms. The van der Waals surface area contributed by atoms with Gasteiger partial charge in [-0.1, -0.05) is 11.3 Å². The maximum atomic E-state index is 12.4. The van der Waals surface area contributed by atoms with E-state index in [0.29, 0.717) is 18.2 Å². The second-order valence-corrected chi connectivity index (χ2v) is 6.58. The van der Waals surface area contributed by atoms with E-state index >= 15 is 0 Å². The van der Waals surface area contributed by atoms with E-state index in [1.807, 2.05) is 24.7 Å². The van der Waals surface area contributed by atoms with Crippen molar-refractivity contribution >= 4 is 22.5 Å². The summed E-state index contributed by atoms with van der Waals surface area (Å²) < 4.78 is 2.00. The Morgan fingerprint density at radius 3 is 2.82 bits per heavy atom. The molecule has 0 unspecified atom stereocenters. The van der Waals surface area contributed by atoms with Gasteiger partial charge in [-0.05, 0) is 14.0 Å². The van der Waals surface area contributed by atoms with Crippen LogP contribution in [0.2, 0.25) is 0 Å². The van der Waals surface area contributed by atoms with Gasteiger partial charge in [0.05, 0.1) is 6.04 Å². The quantitative estimate of drug-likeness (QED) is 0.896. The minimum Gasteiger partial charge on any atom is -0.337 e. The van der Waals surface area contributed by atoms with Crippen molar-refractivity contribution in [3.63, 3.8) is 0 Å². The number of hydrogen-bond donors (Lipinski definition) is 1. The SMILES string of the molecule is Cc1nnc(NC(=O)N2CCN(C)[C@H](c3nccn3C)C2)s1. The van der Waals surface area contributed by atoms with Gasteiger partial charge in [-0.2, -0.15) is 0 Å². The van der Waals surface area contributed by atoms with Crippen LogP contribution in [0.5, 0.6) is 0 Å². The first kappa shape index (κ1) is 14.9. The fourth-order valence-corrected chi connectivity index (χ4v) is 3.13. The second-order valence-electron chi connectivity index (χ2n) is 5.40. The zero-order valence-corrected chi connectivity index (χ0v) is 13.7. The van der Waals surface area contributed by atoms with Crippen LogP contribution in [0.1, 0.15) is 16.9 Å². The van der Waals surface area contributed by atoms with Crippen LogP contribution in [-0.4, -0.2) is 62.3 Å². The standard InChI is InChI=1S/C13H19N7OS/c1-9-16-17-12(22-9)15-13(21)20-7-6-18(2)10(8-20)11-14-4-5-19(11)3/h4-5,10H,6-8H2,1-3H3,(H,15,17,21)/t10-/m0/s1. The average Bonchev–Trinajstić information content (AvgIpc) is 3.08. The molecule has 2 aromatic heterocycles. The van der Waals surface area contributed by atoms with Crippen LogP contribution in [-0.2, 0) is 7.05 Å². The number of amides is 2. The highest BCUT2D eigenvalue weighted by molar-refractivity contribution is 7.15. The van der Waals surface area contributed by atoms with Gasteiger partial charge >= 0.3 is 6.03 Å². The molecule has 1 fully saturated rings. The molecule has 0 saturated carbocycles. The van der Waals surface area contributed by atoms with Crippen molar-refractivity contribution in [2.24, 2.45) is 7.05 Å². The average molecular weight is 321 g/mol. The van der Waals surface area contributed by atoms with Crippen molar-refractivity contribution in [1.82, 2.24) is 29.5 Å². The van der Waals surface area contributed by atoms with E-state index in [1.54, 1.807) is 11.1 Å².